The highest BCUT2D eigenvalue weighted by Crippen LogP contribution is 2.19. The number of unbranched alkanes of at least 4 members (excludes halogenated alkanes) is 14. The highest BCUT2D eigenvalue weighted by molar-refractivity contribution is 4.54. The van der Waals surface area contributed by atoms with Crippen LogP contribution in [0.3, 0.4) is 0 Å². The summed E-state index contributed by atoms with van der Waals surface area (Å²) in [5.41, 5.74) is 0. The molecule has 190 valence electrons. The summed E-state index contributed by atoms with van der Waals surface area (Å²) >= 11 is 0. The zero-order valence-corrected chi connectivity index (χ0v) is 26.2. The van der Waals surface area contributed by atoms with Gasteiger partial charge in [0.2, 0.25) is 0 Å². The summed E-state index contributed by atoms with van der Waals surface area (Å²) in [7, 11) is 5.10. The van der Waals surface area contributed by atoms with Crippen LogP contribution in [0.2, 0.25) is 0 Å². The normalized spacial score (nSPS) is 23.6. The Kier molecular flexibility index (Phi) is 24.4. The van der Waals surface area contributed by atoms with Gasteiger partial charge < -0.3 is 56.9 Å². The zero-order valence-electron chi connectivity index (χ0n) is 21.9. The van der Waals surface area contributed by atoms with E-state index in [9.17, 15) is 0 Å². The molecule has 0 amide bonds. The Morgan fingerprint density at radius 3 is 1.03 bits per heavy atom. The lowest BCUT2D eigenvalue weighted by molar-refractivity contribution is -0.946. The Balaban J connectivity index is 0. The maximum Gasteiger partial charge on any atom is 0.128 e. The van der Waals surface area contributed by atoms with Crippen LogP contribution in [0.4, 0.5) is 0 Å². The quantitative estimate of drug-likeness (QED) is 0.119. The van der Waals surface area contributed by atoms with Crippen molar-refractivity contribution in [3.05, 3.63) is 0 Å². The van der Waals surface area contributed by atoms with Crippen molar-refractivity contribution in [2.75, 3.05) is 53.4 Å². The van der Waals surface area contributed by atoms with Crippen molar-refractivity contribution in [2.24, 2.45) is 0 Å². The van der Waals surface area contributed by atoms with Gasteiger partial charge in [-0.3, -0.25) is 0 Å². The fraction of sp³-hybridized carbons (Fsp3) is 1.00. The molecule has 0 bridgehead atoms. The molecule has 0 aliphatic carbocycles. The first-order valence-corrected chi connectivity index (χ1v) is 13.7. The minimum Gasteiger partial charge on any atom is -1.00 e. The van der Waals surface area contributed by atoms with E-state index >= 15 is 0 Å². The van der Waals surface area contributed by atoms with E-state index in [0.29, 0.717) is 0 Å². The number of likely N-dealkylation sites (N-methyl/N-ethyl adjacent to an activating group) is 2. The van der Waals surface area contributed by atoms with Crippen LogP contribution in [0, 0.1) is 0 Å². The minimum atomic E-state index is 0. The summed E-state index contributed by atoms with van der Waals surface area (Å²) in [6, 6.07) is 0. The van der Waals surface area contributed by atoms with E-state index in [-0.39, 0.29) is 48.0 Å². The number of hydrogen-bond acceptors (Lipinski definition) is 0. The predicted molar refractivity (Wildman–Crippen MR) is 131 cm³/mol. The first-order chi connectivity index (χ1) is 14.0. The van der Waals surface area contributed by atoms with Crippen molar-refractivity contribution in [3.63, 3.8) is 0 Å². The molecule has 0 aromatic rings. The van der Waals surface area contributed by atoms with Crippen LogP contribution in [0.5, 0.6) is 0 Å². The van der Waals surface area contributed by atoms with Crippen LogP contribution < -0.4 is 48.0 Å². The van der Waals surface area contributed by atoms with Crippen molar-refractivity contribution in [1.29, 1.82) is 0 Å². The first-order valence-electron chi connectivity index (χ1n) is 13.7. The largest absolute Gasteiger partial charge is 1.00 e. The maximum absolute atomic E-state index is 2.55. The molecule has 2 unspecified atom stereocenters. The number of nitrogens with zero attached hydrogens (tertiary/aromatic N) is 2. The third-order valence-corrected chi connectivity index (χ3v) is 7.68. The van der Waals surface area contributed by atoms with E-state index in [0.717, 1.165) is 0 Å². The Morgan fingerprint density at radius 1 is 0.419 bits per heavy atom. The van der Waals surface area contributed by atoms with Crippen molar-refractivity contribution in [3.8, 4) is 0 Å². The number of rotatable bonds is 18. The van der Waals surface area contributed by atoms with Crippen LogP contribution in [0.1, 0.15) is 123 Å². The number of hydrogen-bond donors (Lipinski definition) is 0. The summed E-state index contributed by atoms with van der Waals surface area (Å²) in [4.78, 5) is 0. The molecule has 1 heterocycles. The molecule has 2 nitrogen and oxygen atoms in total. The van der Waals surface area contributed by atoms with Crippen molar-refractivity contribution >= 4 is 0 Å². The van der Waals surface area contributed by atoms with E-state index in [1.807, 2.05) is 0 Å². The lowest BCUT2D eigenvalue weighted by Crippen LogP contribution is -3.00. The van der Waals surface area contributed by atoms with Gasteiger partial charge in [0, 0.05) is 6.42 Å². The van der Waals surface area contributed by atoms with E-state index in [4.69, 9.17) is 0 Å². The summed E-state index contributed by atoms with van der Waals surface area (Å²) < 4.78 is 2.70. The van der Waals surface area contributed by atoms with Gasteiger partial charge in [0.25, 0.3) is 0 Å². The molecule has 1 fully saturated rings. The second kappa shape index (κ2) is 21.9. The summed E-state index contributed by atoms with van der Waals surface area (Å²) in [6.45, 7) is 13.1. The molecule has 1 saturated heterocycles. The van der Waals surface area contributed by atoms with Gasteiger partial charge in [0.05, 0.1) is 40.3 Å². The fourth-order valence-electron chi connectivity index (χ4n) is 5.24. The molecule has 0 radical (unpaired) electrons. The van der Waals surface area contributed by atoms with E-state index in [2.05, 4.69) is 27.9 Å². The molecule has 0 N–H and O–H groups in total. The Labute approximate surface area is 231 Å². The molecule has 0 spiro atoms. The molecule has 1 aliphatic heterocycles. The Morgan fingerprint density at radius 2 is 0.710 bits per heavy atom. The van der Waals surface area contributed by atoms with Crippen LogP contribution in [-0.4, -0.2) is 62.3 Å². The molecule has 1 rings (SSSR count). The number of quaternary nitrogens is 2. The van der Waals surface area contributed by atoms with Gasteiger partial charge in [-0.15, -0.1) is 0 Å². The average Bonchev–Trinajstić information content (AvgIpc) is 2.85. The molecule has 4 heteroatoms. The Bertz CT molecular complexity index is 346. The monoisotopic (exact) mass is 664 g/mol. The molecule has 31 heavy (non-hydrogen) atoms. The molecule has 0 aromatic carbocycles. The molecule has 0 saturated carbocycles. The van der Waals surface area contributed by atoms with Gasteiger partial charge in [0.1, 0.15) is 13.1 Å². The molecule has 1 aliphatic rings. The maximum atomic E-state index is 2.55. The fourth-order valence-corrected chi connectivity index (χ4v) is 5.24. The zero-order chi connectivity index (χ0) is 21.3. The Hall–Kier alpha value is 1.38. The van der Waals surface area contributed by atoms with E-state index in [1.54, 1.807) is 0 Å². The third kappa shape index (κ3) is 18.4. The molecule has 2 atom stereocenters. The minimum absolute atomic E-state index is 0. The smallest absolute Gasteiger partial charge is 0.128 e. The molecular formula is C27H58I2N2. The number of halogens is 2. The van der Waals surface area contributed by atoms with Crippen LogP contribution >= 0.6 is 0 Å². The third-order valence-electron chi connectivity index (χ3n) is 7.68. The van der Waals surface area contributed by atoms with Gasteiger partial charge in [0.15, 0.2) is 0 Å². The SMILES string of the molecule is CCCCCCCCCC[N+]1(C)CCC[N+](C)(CCCCCCCCCC)CC1.[I-].[I-]. The second-order valence-corrected chi connectivity index (χ2v) is 10.9. The van der Waals surface area contributed by atoms with E-state index < -0.39 is 0 Å². The summed E-state index contributed by atoms with van der Waals surface area (Å²) in [6.07, 6.45) is 24.6. The first kappa shape index (κ1) is 34.5. The highest BCUT2D eigenvalue weighted by Gasteiger charge is 2.32. The van der Waals surface area contributed by atoms with Crippen molar-refractivity contribution in [2.45, 2.75) is 123 Å². The topological polar surface area (TPSA) is 0 Å². The summed E-state index contributed by atoms with van der Waals surface area (Å²) in [5.74, 6) is 0. The van der Waals surface area contributed by atoms with Gasteiger partial charge in [-0.05, 0) is 25.7 Å². The standard InChI is InChI=1S/C27H58N2.2HI/c1-5-7-9-11-13-15-17-19-22-28(3)24-21-25-29(4,27-26-28)23-20-18-16-14-12-10-8-6-2;;/h5-27H2,1-4H3;2*1H/q+2;;/p-2. The van der Waals surface area contributed by atoms with Gasteiger partial charge >= 0.3 is 0 Å². The average molecular weight is 665 g/mol. The highest BCUT2D eigenvalue weighted by atomic mass is 127. The van der Waals surface area contributed by atoms with E-state index in [1.165, 1.54) is 157 Å². The van der Waals surface area contributed by atoms with Crippen LogP contribution in [-0.2, 0) is 0 Å². The lowest BCUT2D eigenvalue weighted by atomic mass is 10.1. The van der Waals surface area contributed by atoms with Crippen LogP contribution in [0.25, 0.3) is 0 Å². The van der Waals surface area contributed by atoms with Gasteiger partial charge in [-0.1, -0.05) is 90.9 Å². The van der Waals surface area contributed by atoms with Gasteiger partial charge in [-0.25, -0.2) is 0 Å². The second-order valence-electron chi connectivity index (χ2n) is 10.9. The van der Waals surface area contributed by atoms with Crippen molar-refractivity contribution in [1.82, 2.24) is 0 Å². The van der Waals surface area contributed by atoms with Gasteiger partial charge in [-0.2, -0.15) is 0 Å². The lowest BCUT2D eigenvalue weighted by Gasteiger charge is -2.35. The summed E-state index contributed by atoms with van der Waals surface area (Å²) in [5, 5.41) is 0. The molecule has 0 aromatic heterocycles. The van der Waals surface area contributed by atoms with Crippen LogP contribution in [0.15, 0.2) is 0 Å². The van der Waals surface area contributed by atoms with Crippen molar-refractivity contribution < 1.29 is 56.9 Å². The molecular weight excluding hydrogens is 606 g/mol. The predicted octanol–water partition coefficient (Wildman–Crippen LogP) is 1.57.